The Hall–Kier alpha value is -0.570. The zero-order chi connectivity index (χ0) is 10.6. The number of rotatable bonds is 5. The minimum atomic E-state index is -0.375. The van der Waals surface area contributed by atoms with Crippen LogP contribution in [0.5, 0.6) is 0 Å². The van der Waals surface area contributed by atoms with Crippen LogP contribution in [0.3, 0.4) is 0 Å². The molecule has 1 heterocycles. The molecule has 0 saturated heterocycles. The van der Waals surface area contributed by atoms with Crippen LogP contribution in [0, 0.1) is 0 Å². The number of aromatic nitrogens is 2. The van der Waals surface area contributed by atoms with Crippen molar-refractivity contribution in [3.8, 4) is 0 Å². The third-order valence-electron chi connectivity index (χ3n) is 2.35. The zero-order valence-electron chi connectivity index (χ0n) is 8.69. The Morgan fingerprint density at radius 2 is 2.07 bits per heavy atom. The molecule has 0 atom stereocenters. The van der Waals surface area contributed by atoms with Crippen molar-refractivity contribution in [3.63, 3.8) is 0 Å². The summed E-state index contributed by atoms with van der Waals surface area (Å²) in [5, 5.41) is 4.35. The van der Waals surface area contributed by atoms with Crippen LogP contribution in [0.1, 0.15) is 30.8 Å². The van der Waals surface area contributed by atoms with Gasteiger partial charge in [-0.25, -0.2) is 4.39 Å². The summed E-state index contributed by atoms with van der Waals surface area (Å²) in [6, 6.07) is 0. The molecule has 0 unspecified atom stereocenters. The predicted molar refractivity (Wildman–Crippen MR) is 56.5 cm³/mol. The fourth-order valence-corrected chi connectivity index (χ4v) is 2.00. The van der Waals surface area contributed by atoms with Gasteiger partial charge in [-0.1, -0.05) is 13.8 Å². The van der Waals surface area contributed by atoms with Crippen LogP contribution in [0.2, 0.25) is 0 Å². The van der Waals surface area contributed by atoms with E-state index in [0.29, 0.717) is 12.4 Å². The summed E-state index contributed by atoms with van der Waals surface area (Å²) in [5.74, 6) is 0.471. The number of alkyl halides is 2. The van der Waals surface area contributed by atoms with Crippen molar-refractivity contribution in [2.75, 3.05) is 6.67 Å². The molecular weight excluding hydrogens is 203 g/mol. The van der Waals surface area contributed by atoms with E-state index in [9.17, 15) is 4.39 Å². The first-order valence-corrected chi connectivity index (χ1v) is 5.51. The highest BCUT2D eigenvalue weighted by Crippen LogP contribution is 2.18. The van der Waals surface area contributed by atoms with Gasteiger partial charge < -0.3 is 0 Å². The van der Waals surface area contributed by atoms with Crippen LogP contribution in [0.25, 0.3) is 0 Å². The lowest BCUT2D eigenvalue weighted by Crippen LogP contribution is -2.06. The van der Waals surface area contributed by atoms with E-state index in [1.807, 2.05) is 13.8 Å². The molecule has 0 amide bonds. The topological polar surface area (TPSA) is 17.8 Å². The largest absolute Gasteiger partial charge is 0.266 e. The van der Waals surface area contributed by atoms with Crippen molar-refractivity contribution in [1.82, 2.24) is 9.78 Å². The lowest BCUT2D eigenvalue weighted by atomic mass is 10.1. The number of hydrogen-bond acceptors (Lipinski definition) is 1. The summed E-state index contributed by atoms with van der Waals surface area (Å²) in [6.45, 7) is 4.05. The second-order valence-electron chi connectivity index (χ2n) is 3.12. The summed E-state index contributed by atoms with van der Waals surface area (Å²) < 4.78 is 14.0. The number of hydrogen-bond donors (Lipinski definition) is 0. The van der Waals surface area contributed by atoms with E-state index in [1.54, 1.807) is 4.68 Å². The molecule has 0 aliphatic rings. The van der Waals surface area contributed by atoms with Gasteiger partial charge >= 0.3 is 0 Å². The quantitative estimate of drug-likeness (QED) is 0.695. The molecule has 1 aromatic heterocycles. The monoisotopic (exact) mass is 218 g/mol. The van der Waals surface area contributed by atoms with Gasteiger partial charge in [-0.2, -0.15) is 5.10 Å². The lowest BCUT2D eigenvalue weighted by molar-refractivity contribution is 0.419. The van der Waals surface area contributed by atoms with E-state index >= 15 is 0 Å². The molecule has 0 saturated carbocycles. The Kier molecular flexibility index (Phi) is 4.39. The van der Waals surface area contributed by atoms with Crippen molar-refractivity contribution in [3.05, 3.63) is 17.0 Å². The summed E-state index contributed by atoms with van der Waals surface area (Å²) in [5.41, 5.74) is 3.17. The van der Waals surface area contributed by atoms with Crippen molar-refractivity contribution in [2.24, 2.45) is 0 Å². The summed E-state index contributed by atoms with van der Waals surface area (Å²) >= 11 is 5.86. The molecule has 80 valence electrons. The van der Waals surface area contributed by atoms with E-state index in [-0.39, 0.29) is 6.67 Å². The molecule has 1 aromatic rings. The van der Waals surface area contributed by atoms with Gasteiger partial charge in [-0.15, -0.1) is 11.6 Å². The number of halogens is 2. The highest BCUT2D eigenvalue weighted by molar-refractivity contribution is 6.17. The number of nitrogens with zero attached hydrogens (tertiary/aromatic N) is 2. The molecule has 0 aliphatic carbocycles. The van der Waals surface area contributed by atoms with E-state index in [0.717, 1.165) is 29.8 Å². The number of aryl methyl sites for hydroxylation is 2. The van der Waals surface area contributed by atoms with Crippen LogP contribution in [0.15, 0.2) is 0 Å². The third-order valence-corrected chi connectivity index (χ3v) is 2.62. The molecule has 0 spiro atoms. The summed E-state index contributed by atoms with van der Waals surface area (Å²) in [4.78, 5) is 0. The van der Waals surface area contributed by atoms with E-state index in [4.69, 9.17) is 11.6 Å². The zero-order valence-corrected chi connectivity index (χ0v) is 9.44. The van der Waals surface area contributed by atoms with Gasteiger partial charge in [0.2, 0.25) is 0 Å². The van der Waals surface area contributed by atoms with Crippen molar-refractivity contribution < 1.29 is 4.39 Å². The first kappa shape index (κ1) is 11.5. The average molecular weight is 219 g/mol. The van der Waals surface area contributed by atoms with Crippen LogP contribution in [-0.4, -0.2) is 16.5 Å². The lowest BCUT2D eigenvalue weighted by Gasteiger charge is -2.03. The molecule has 4 heteroatoms. The van der Waals surface area contributed by atoms with E-state index in [1.165, 1.54) is 0 Å². The second-order valence-corrected chi connectivity index (χ2v) is 3.39. The van der Waals surface area contributed by atoms with Gasteiger partial charge in [0.1, 0.15) is 6.67 Å². The summed E-state index contributed by atoms with van der Waals surface area (Å²) in [7, 11) is 0. The molecule has 14 heavy (non-hydrogen) atoms. The van der Waals surface area contributed by atoms with Gasteiger partial charge in [0, 0.05) is 11.3 Å². The Bertz CT molecular complexity index is 297. The molecule has 0 bridgehead atoms. The molecular formula is C10H16ClFN2. The average Bonchev–Trinajstić information content (AvgIpc) is 2.55. The maximum Gasteiger partial charge on any atom is 0.109 e. The highest BCUT2D eigenvalue weighted by Gasteiger charge is 2.13. The summed E-state index contributed by atoms with van der Waals surface area (Å²) in [6.07, 6.45) is 1.71. The van der Waals surface area contributed by atoms with Gasteiger partial charge in [0.15, 0.2) is 0 Å². The van der Waals surface area contributed by atoms with Crippen LogP contribution < -0.4 is 0 Å². The Morgan fingerprint density at radius 1 is 1.36 bits per heavy atom. The van der Waals surface area contributed by atoms with Crippen molar-refractivity contribution >= 4 is 11.6 Å². The SMILES string of the molecule is CCc1nn(CCF)c(CC)c1CCl. The normalized spacial score (nSPS) is 10.9. The first-order valence-electron chi connectivity index (χ1n) is 4.97. The third kappa shape index (κ3) is 2.08. The van der Waals surface area contributed by atoms with Crippen molar-refractivity contribution in [2.45, 2.75) is 39.1 Å². The van der Waals surface area contributed by atoms with Crippen LogP contribution >= 0.6 is 11.6 Å². The van der Waals surface area contributed by atoms with Gasteiger partial charge in [0.25, 0.3) is 0 Å². The second kappa shape index (κ2) is 5.35. The Morgan fingerprint density at radius 3 is 2.50 bits per heavy atom. The molecule has 0 N–H and O–H groups in total. The highest BCUT2D eigenvalue weighted by atomic mass is 35.5. The molecule has 0 aromatic carbocycles. The maximum atomic E-state index is 12.3. The fraction of sp³-hybridized carbons (Fsp3) is 0.700. The fourth-order valence-electron chi connectivity index (χ4n) is 1.69. The van der Waals surface area contributed by atoms with Crippen LogP contribution in [0.4, 0.5) is 4.39 Å². The first-order chi connectivity index (χ1) is 6.78. The molecule has 2 nitrogen and oxygen atoms in total. The maximum absolute atomic E-state index is 12.3. The standard InChI is InChI=1S/C10H16ClFN2/c1-3-9-8(7-11)10(4-2)14(13-9)6-5-12/h3-7H2,1-2H3. The van der Waals surface area contributed by atoms with Gasteiger partial charge in [0.05, 0.1) is 18.1 Å². The van der Waals surface area contributed by atoms with Gasteiger partial charge in [-0.3, -0.25) is 4.68 Å². The van der Waals surface area contributed by atoms with E-state index in [2.05, 4.69) is 5.10 Å². The van der Waals surface area contributed by atoms with Crippen molar-refractivity contribution in [1.29, 1.82) is 0 Å². The smallest absolute Gasteiger partial charge is 0.109 e. The van der Waals surface area contributed by atoms with E-state index < -0.39 is 0 Å². The van der Waals surface area contributed by atoms with Crippen LogP contribution in [-0.2, 0) is 25.3 Å². The predicted octanol–water partition coefficient (Wildman–Crippen LogP) is 2.72. The van der Waals surface area contributed by atoms with Gasteiger partial charge in [-0.05, 0) is 12.8 Å². The molecule has 1 rings (SSSR count). The molecule has 0 aliphatic heterocycles. The minimum absolute atomic E-state index is 0.340. The minimum Gasteiger partial charge on any atom is -0.266 e. The Balaban J connectivity index is 3.10. The Labute approximate surface area is 89.1 Å². The molecule has 0 radical (unpaired) electrons. The molecule has 0 fully saturated rings.